The average Bonchev–Trinajstić information content (AvgIpc) is 3.08. The molecule has 27 heavy (non-hydrogen) atoms. The Morgan fingerprint density at radius 1 is 1.33 bits per heavy atom. The lowest BCUT2D eigenvalue weighted by Gasteiger charge is -2.36. The Morgan fingerprint density at radius 3 is 2.85 bits per heavy atom. The molecule has 3 rings (SSSR count). The van der Waals surface area contributed by atoms with Gasteiger partial charge in [-0.05, 0) is 64.5 Å². The number of piperidine rings is 1. The summed E-state index contributed by atoms with van der Waals surface area (Å²) in [4.78, 5) is 7.06. The Morgan fingerprint density at radius 2 is 2.15 bits per heavy atom. The summed E-state index contributed by atoms with van der Waals surface area (Å²) < 4.78 is 2.10. The van der Waals surface area contributed by atoms with Crippen LogP contribution in [-0.2, 0) is 12.8 Å². The van der Waals surface area contributed by atoms with E-state index in [-0.39, 0.29) is 0 Å². The lowest BCUT2D eigenvalue weighted by atomic mass is 9.94. The third-order valence-electron chi connectivity index (χ3n) is 6.07. The van der Waals surface area contributed by atoms with Gasteiger partial charge < -0.3 is 10.6 Å². The molecule has 1 saturated heterocycles. The van der Waals surface area contributed by atoms with Gasteiger partial charge in [0.25, 0.3) is 0 Å². The van der Waals surface area contributed by atoms with E-state index in [2.05, 4.69) is 59.1 Å². The highest BCUT2D eigenvalue weighted by atomic mass is 15.3. The molecule has 0 spiro atoms. The molecule has 3 unspecified atom stereocenters. The number of aryl methyl sites for hydroxylation is 1. The fourth-order valence-electron chi connectivity index (χ4n) is 4.29. The number of fused-ring (bicyclic) bond motifs is 1. The van der Waals surface area contributed by atoms with Crippen molar-refractivity contribution in [3.8, 4) is 0 Å². The zero-order valence-corrected chi connectivity index (χ0v) is 17.8. The van der Waals surface area contributed by atoms with Crippen LogP contribution in [0, 0.1) is 5.92 Å². The normalized spacial score (nSPS) is 25.3. The van der Waals surface area contributed by atoms with Gasteiger partial charge in [-0.1, -0.05) is 6.92 Å². The molecule has 152 valence electrons. The predicted molar refractivity (Wildman–Crippen MR) is 112 cm³/mol. The van der Waals surface area contributed by atoms with Gasteiger partial charge in [0.2, 0.25) is 0 Å². The van der Waals surface area contributed by atoms with Crippen LogP contribution in [0.5, 0.6) is 0 Å². The van der Waals surface area contributed by atoms with Gasteiger partial charge in [0, 0.05) is 50.9 Å². The van der Waals surface area contributed by atoms with Crippen molar-refractivity contribution in [3.05, 3.63) is 17.5 Å². The van der Waals surface area contributed by atoms with E-state index in [1.807, 2.05) is 7.05 Å². The van der Waals surface area contributed by atoms with Crippen molar-refractivity contribution in [2.45, 2.75) is 77.9 Å². The summed E-state index contributed by atoms with van der Waals surface area (Å²) in [6.45, 7) is 12.4. The van der Waals surface area contributed by atoms with Crippen LogP contribution >= 0.6 is 0 Å². The molecule has 0 bridgehead atoms. The Balaban J connectivity index is 1.49. The molecule has 2 heterocycles. The highest BCUT2D eigenvalue weighted by Gasteiger charge is 2.24. The first-order valence-electron chi connectivity index (χ1n) is 10.7. The Hall–Kier alpha value is -1.56. The Bertz CT molecular complexity index is 635. The highest BCUT2D eigenvalue weighted by molar-refractivity contribution is 5.80. The quantitative estimate of drug-likeness (QED) is 0.614. The molecule has 1 fully saturated rings. The maximum absolute atomic E-state index is 4.79. The van der Waals surface area contributed by atoms with Crippen molar-refractivity contribution >= 4 is 5.96 Å². The SMILES string of the molecule is CN=C(NCC(C)N1CCCC(C)C1)NC1CCc2cn(C(C)C)nc2C1. The molecule has 2 aliphatic rings. The molecule has 1 aliphatic carbocycles. The van der Waals surface area contributed by atoms with Crippen molar-refractivity contribution in [1.29, 1.82) is 0 Å². The smallest absolute Gasteiger partial charge is 0.191 e. The maximum atomic E-state index is 4.79. The van der Waals surface area contributed by atoms with Gasteiger partial charge in [0.05, 0.1) is 5.69 Å². The summed E-state index contributed by atoms with van der Waals surface area (Å²) >= 11 is 0. The largest absolute Gasteiger partial charge is 0.355 e. The summed E-state index contributed by atoms with van der Waals surface area (Å²) in [6, 6.07) is 1.37. The number of aliphatic imine (C=N–C) groups is 1. The number of hydrogen-bond donors (Lipinski definition) is 2. The molecule has 1 aliphatic heterocycles. The van der Waals surface area contributed by atoms with E-state index in [1.165, 1.54) is 37.2 Å². The lowest BCUT2D eigenvalue weighted by Crippen LogP contribution is -2.51. The van der Waals surface area contributed by atoms with Crippen molar-refractivity contribution < 1.29 is 0 Å². The van der Waals surface area contributed by atoms with Crippen LogP contribution in [0.4, 0.5) is 0 Å². The number of guanidine groups is 1. The van der Waals surface area contributed by atoms with Gasteiger partial charge >= 0.3 is 0 Å². The molecule has 0 aromatic carbocycles. The first-order valence-corrected chi connectivity index (χ1v) is 10.7. The number of nitrogens with zero attached hydrogens (tertiary/aromatic N) is 4. The lowest BCUT2D eigenvalue weighted by molar-refractivity contribution is 0.139. The number of hydrogen-bond acceptors (Lipinski definition) is 3. The van der Waals surface area contributed by atoms with E-state index in [0.717, 1.165) is 37.7 Å². The average molecular weight is 375 g/mol. The van der Waals surface area contributed by atoms with E-state index in [1.54, 1.807) is 0 Å². The minimum atomic E-state index is 0.407. The third kappa shape index (κ3) is 5.24. The molecular weight excluding hydrogens is 336 g/mol. The van der Waals surface area contributed by atoms with Crippen molar-refractivity contribution in [2.75, 3.05) is 26.7 Å². The van der Waals surface area contributed by atoms with Crippen LogP contribution < -0.4 is 10.6 Å². The molecule has 6 nitrogen and oxygen atoms in total. The van der Waals surface area contributed by atoms with E-state index in [9.17, 15) is 0 Å². The number of nitrogens with one attached hydrogen (secondary N) is 2. The monoisotopic (exact) mass is 374 g/mol. The molecule has 3 atom stereocenters. The number of likely N-dealkylation sites (tertiary alicyclic amines) is 1. The van der Waals surface area contributed by atoms with Crippen LogP contribution in [0.2, 0.25) is 0 Å². The van der Waals surface area contributed by atoms with Gasteiger partial charge in [0.1, 0.15) is 0 Å². The van der Waals surface area contributed by atoms with E-state index in [4.69, 9.17) is 5.10 Å². The maximum Gasteiger partial charge on any atom is 0.191 e. The molecule has 1 aromatic rings. The predicted octanol–water partition coefficient (Wildman–Crippen LogP) is 2.61. The van der Waals surface area contributed by atoms with Gasteiger partial charge in [-0.25, -0.2) is 0 Å². The first-order chi connectivity index (χ1) is 13.0. The fourth-order valence-corrected chi connectivity index (χ4v) is 4.29. The molecule has 2 N–H and O–H groups in total. The Labute approximate surface area is 164 Å². The van der Waals surface area contributed by atoms with E-state index >= 15 is 0 Å². The molecule has 0 amide bonds. The zero-order valence-electron chi connectivity index (χ0n) is 17.8. The minimum absolute atomic E-state index is 0.407. The summed E-state index contributed by atoms with van der Waals surface area (Å²) in [5.41, 5.74) is 2.66. The van der Waals surface area contributed by atoms with Crippen molar-refractivity contribution in [1.82, 2.24) is 25.3 Å². The minimum Gasteiger partial charge on any atom is -0.355 e. The second kappa shape index (κ2) is 9.09. The van der Waals surface area contributed by atoms with Crippen molar-refractivity contribution in [3.63, 3.8) is 0 Å². The summed E-state index contributed by atoms with van der Waals surface area (Å²) in [7, 11) is 1.87. The number of aromatic nitrogens is 2. The first kappa shape index (κ1) is 20.2. The topological polar surface area (TPSA) is 57.5 Å². The standard InChI is InChI=1S/C21H38N6/c1-15(2)27-14-18-8-9-19(11-20(18)25-27)24-21(22-5)23-12-17(4)26-10-6-7-16(3)13-26/h14-17,19H,6-13H2,1-5H3,(H2,22,23,24). The van der Waals surface area contributed by atoms with Crippen LogP contribution in [-0.4, -0.2) is 59.4 Å². The number of rotatable bonds is 5. The van der Waals surface area contributed by atoms with E-state index < -0.39 is 0 Å². The molecular formula is C21H38N6. The van der Waals surface area contributed by atoms with Crippen LogP contribution in [0.15, 0.2) is 11.2 Å². The van der Waals surface area contributed by atoms with E-state index in [0.29, 0.717) is 18.1 Å². The van der Waals surface area contributed by atoms with Gasteiger partial charge in [-0.2, -0.15) is 5.10 Å². The highest BCUT2D eigenvalue weighted by Crippen LogP contribution is 2.22. The van der Waals surface area contributed by atoms with Crippen LogP contribution in [0.25, 0.3) is 0 Å². The second-order valence-electron chi connectivity index (χ2n) is 8.80. The van der Waals surface area contributed by atoms with Crippen LogP contribution in [0.1, 0.15) is 64.3 Å². The second-order valence-corrected chi connectivity index (χ2v) is 8.80. The van der Waals surface area contributed by atoms with Gasteiger partial charge in [-0.3, -0.25) is 14.6 Å². The van der Waals surface area contributed by atoms with Crippen LogP contribution in [0.3, 0.4) is 0 Å². The van der Waals surface area contributed by atoms with Gasteiger partial charge in [0.15, 0.2) is 5.96 Å². The van der Waals surface area contributed by atoms with Gasteiger partial charge in [-0.15, -0.1) is 0 Å². The zero-order chi connectivity index (χ0) is 19.4. The molecule has 0 radical (unpaired) electrons. The summed E-state index contributed by atoms with van der Waals surface area (Å²) in [5, 5.41) is 12.0. The molecule has 0 saturated carbocycles. The molecule has 6 heteroatoms. The van der Waals surface area contributed by atoms with Crippen molar-refractivity contribution in [2.24, 2.45) is 10.9 Å². The fraction of sp³-hybridized carbons (Fsp3) is 0.810. The molecule has 1 aromatic heterocycles. The third-order valence-corrected chi connectivity index (χ3v) is 6.07. The summed E-state index contributed by atoms with van der Waals surface area (Å²) in [6.07, 6.45) is 8.14. The Kier molecular flexibility index (Phi) is 6.79. The summed E-state index contributed by atoms with van der Waals surface area (Å²) in [5.74, 6) is 1.74.